The molecule has 0 spiro atoms. The van der Waals surface area contributed by atoms with Crippen LogP contribution in [0.3, 0.4) is 0 Å². The van der Waals surface area contributed by atoms with Gasteiger partial charge in [-0.15, -0.1) is 11.8 Å². The van der Waals surface area contributed by atoms with Gasteiger partial charge in [-0.1, -0.05) is 12.1 Å². The fraction of sp³-hybridized carbons (Fsp3) is 0.300. The molecule has 0 bridgehead atoms. The molecule has 1 fully saturated rings. The molecule has 5 nitrogen and oxygen atoms in total. The highest BCUT2D eigenvalue weighted by Crippen LogP contribution is 2.27. The van der Waals surface area contributed by atoms with Gasteiger partial charge in [0.15, 0.2) is 11.6 Å². The van der Waals surface area contributed by atoms with E-state index in [-0.39, 0.29) is 36.2 Å². The molecule has 2 aromatic rings. The molecular formula is C20H19F2NO4S. The van der Waals surface area contributed by atoms with Crippen molar-refractivity contribution in [3.05, 3.63) is 60.2 Å². The van der Waals surface area contributed by atoms with Crippen LogP contribution in [0.4, 0.5) is 8.78 Å². The summed E-state index contributed by atoms with van der Waals surface area (Å²) in [5.74, 6) is -1.52. The lowest BCUT2D eigenvalue weighted by Gasteiger charge is -2.22. The Balaban J connectivity index is 1.66. The van der Waals surface area contributed by atoms with Crippen LogP contribution < -0.4 is 4.74 Å². The number of para-hydroxylation sites is 1. The zero-order valence-electron chi connectivity index (χ0n) is 15.1. The van der Waals surface area contributed by atoms with Gasteiger partial charge in [-0.3, -0.25) is 4.79 Å². The standard InChI is InChI=1S/C20H19F2NO4S/c1-26-20(25)17-10-14(27-18-5-3-2-4-16(18)22)11-23(17)19(24)12-28-15-8-6-13(21)7-9-15/h2-9,14,17H,10-12H2,1H3/t14-,17-/m0/s1. The van der Waals surface area contributed by atoms with E-state index in [2.05, 4.69) is 0 Å². The van der Waals surface area contributed by atoms with Crippen LogP contribution in [0.25, 0.3) is 0 Å². The zero-order valence-corrected chi connectivity index (χ0v) is 16.0. The Morgan fingerprint density at radius 2 is 1.86 bits per heavy atom. The molecule has 2 atom stereocenters. The predicted molar refractivity (Wildman–Crippen MR) is 100 cm³/mol. The first kappa shape index (κ1) is 20.1. The van der Waals surface area contributed by atoms with Crippen LogP contribution in [0.2, 0.25) is 0 Å². The van der Waals surface area contributed by atoms with Crippen molar-refractivity contribution in [3.63, 3.8) is 0 Å². The first-order chi connectivity index (χ1) is 13.5. The van der Waals surface area contributed by atoms with Gasteiger partial charge >= 0.3 is 5.97 Å². The molecule has 8 heteroatoms. The van der Waals surface area contributed by atoms with Crippen molar-refractivity contribution in [2.75, 3.05) is 19.4 Å². The first-order valence-electron chi connectivity index (χ1n) is 8.64. The van der Waals surface area contributed by atoms with Crippen LogP contribution in [0.15, 0.2) is 53.4 Å². The molecule has 28 heavy (non-hydrogen) atoms. The van der Waals surface area contributed by atoms with E-state index in [1.54, 1.807) is 24.3 Å². The molecule has 2 aromatic carbocycles. The second kappa shape index (κ2) is 9.05. The molecular weight excluding hydrogens is 388 g/mol. The van der Waals surface area contributed by atoms with Gasteiger partial charge in [0.1, 0.15) is 18.0 Å². The Morgan fingerprint density at radius 3 is 2.54 bits per heavy atom. The van der Waals surface area contributed by atoms with Crippen molar-refractivity contribution in [1.29, 1.82) is 0 Å². The average molecular weight is 407 g/mol. The average Bonchev–Trinajstić information content (AvgIpc) is 3.12. The third kappa shape index (κ3) is 4.81. The lowest BCUT2D eigenvalue weighted by molar-refractivity contribution is -0.150. The number of hydrogen-bond acceptors (Lipinski definition) is 5. The van der Waals surface area contributed by atoms with Gasteiger partial charge in [-0.05, 0) is 36.4 Å². The molecule has 0 radical (unpaired) electrons. The van der Waals surface area contributed by atoms with Crippen LogP contribution in [0.5, 0.6) is 5.75 Å². The Bertz CT molecular complexity index is 846. The molecule has 148 valence electrons. The van der Waals surface area contributed by atoms with Crippen LogP contribution in [0.1, 0.15) is 6.42 Å². The molecule has 1 amide bonds. The number of carbonyl (C=O) groups is 2. The van der Waals surface area contributed by atoms with Gasteiger partial charge in [0.2, 0.25) is 5.91 Å². The summed E-state index contributed by atoms with van der Waals surface area (Å²) in [6.45, 7) is 0.150. The highest BCUT2D eigenvalue weighted by atomic mass is 32.2. The molecule has 0 N–H and O–H groups in total. The number of rotatable bonds is 6. The zero-order chi connectivity index (χ0) is 20.1. The summed E-state index contributed by atoms with van der Waals surface area (Å²) in [7, 11) is 1.25. The molecule has 0 aromatic heterocycles. The predicted octanol–water partition coefficient (Wildman–Crippen LogP) is 3.28. The third-order valence-corrected chi connectivity index (χ3v) is 5.36. The number of ether oxygens (including phenoxy) is 2. The van der Waals surface area contributed by atoms with Crippen LogP contribution >= 0.6 is 11.8 Å². The largest absolute Gasteiger partial charge is 0.485 e. The topological polar surface area (TPSA) is 55.8 Å². The lowest BCUT2D eigenvalue weighted by Crippen LogP contribution is -2.42. The van der Waals surface area contributed by atoms with Gasteiger partial charge in [0.25, 0.3) is 0 Å². The Hall–Kier alpha value is -2.61. The number of carbonyl (C=O) groups excluding carboxylic acids is 2. The van der Waals surface area contributed by atoms with Gasteiger partial charge < -0.3 is 14.4 Å². The highest BCUT2D eigenvalue weighted by Gasteiger charge is 2.41. The SMILES string of the molecule is COC(=O)[C@@H]1C[C@H](Oc2ccccc2F)CN1C(=O)CSc1ccc(F)cc1. The van der Waals surface area contributed by atoms with E-state index in [0.717, 1.165) is 4.90 Å². The molecule has 0 saturated carbocycles. The van der Waals surface area contributed by atoms with Crippen molar-refractivity contribution < 1.29 is 27.8 Å². The van der Waals surface area contributed by atoms with Crippen LogP contribution in [-0.2, 0) is 14.3 Å². The van der Waals surface area contributed by atoms with Crippen molar-refractivity contribution >= 4 is 23.6 Å². The number of benzene rings is 2. The second-order valence-corrected chi connectivity index (χ2v) is 7.28. The lowest BCUT2D eigenvalue weighted by atomic mass is 10.2. The van der Waals surface area contributed by atoms with Crippen molar-refractivity contribution in [2.45, 2.75) is 23.5 Å². The fourth-order valence-electron chi connectivity index (χ4n) is 3.00. The molecule has 1 heterocycles. The van der Waals surface area contributed by atoms with Crippen molar-refractivity contribution in [1.82, 2.24) is 4.90 Å². The second-order valence-electron chi connectivity index (χ2n) is 6.23. The summed E-state index contributed by atoms with van der Waals surface area (Å²) >= 11 is 1.24. The Kier molecular flexibility index (Phi) is 6.51. The highest BCUT2D eigenvalue weighted by molar-refractivity contribution is 8.00. The minimum absolute atomic E-state index is 0.0749. The summed E-state index contributed by atoms with van der Waals surface area (Å²) in [6.07, 6.45) is -0.311. The number of amides is 1. The maximum Gasteiger partial charge on any atom is 0.328 e. The maximum atomic E-state index is 13.8. The summed E-state index contributed by atoms with van der Waals surface area (Å²) in [6, 6.07) is 11.0. The number of methoxy groups -OCH3 is 1. The van der Waals surface area contributed by atoms with E-state index >= 15 is 0 Å². The molecule has 0 unspecified atom stereocenters. The smallest absolute Gasteiger partial charge is 0.328 e. The van der Waals surface area contributed by atoms with Crippen LogP contribution in [-0.4, -0.2) is 48.3 Å². The normalized spacial score (nSPS) is 18.8. The molecule has 1 aliphatic heterocycles. The summed E-state index contributed by atoms with van der Waals surface area (Å²) in [5.41, 5.74) is 0. The fourth-order valence-corrected chi connectivity index (χ4v) is 3.78. The molecule has 1 aliphatic rings. The van der Waals surface area contributed by atoms with Gasteiger partial charge in [-0.25, -0.2) is 13.6 Å². The summed E-state index contributed by atoms with van der Waals surface area (Å²) in [4.78, 5) is 26.9. The number of hydrogen-bond donors (Lipinski definition) is 0. The van der Waals surface area contributed by atoms with Gasteiger partial charge in [0, 0.05) is 11.3 Å². The van der Waals surface area contributed by atoms with E-state index in [1.807, 2.05) is 0 Å². The van der Waals surface area contributed by atoms with E-state index in [1.165, 1.54) is 48.0 Å². The monoisotopic (exact) mass is 407 g/mol. The number of halogens is 2. The first-order valence-corrected chi connectivity index (χ1v) is 9.63. The summed E-state index contributed by atoms with van der Waals surface area (Å²) < 4.78 is 37.3. The van der Waals surface area contributed by atoms with Gasteiger partial charge in [0.05, 0.1) is 19.4 Å². The van der Waals surface area contributed by atoms with E-state index in [4.69, 9.17) is 9.47 Å². The molecule has 1 saturated heterocycles. The van der Waals surface area contributed by atoms with Crippen molar-refractivity contribution in [3.8, 4) is 5.75 Å². The number of thioether (sulfide) groups is 1. The minimum atomic E-state index is -0.789. The third-order valence-electron chi connectivity index (χ3n) is 4.36. The minimum Gasteiger partial charge on any atom is -0.485 e. The quantitative estimate of drug-likeness (QED) is 0.543. The maximum absolute atomic E-state index is 13.8. The van der Waals surface area contributed by atoms with Crippen molar-refractivity contribution in [2.24, 2.45) is 0 Å². The number of nitrogens with zero attached hydrogens (tertiary/aromatic N) is 1. The van der Waals surface area contributed by atoms with Crippen LogP contribution in [0, 0.1) is 11.6 Å². The van der Waals surface area contributed by atoms with E-state index in [9.17, 15) is 18.4 Å². The van der Waals surface area contributed by atoms with Gasteiger partial charge in [-0.2, -0.15) is 0 Å². The summed E-state index contributed by atoms with van der Waals surface area (Å²) in [5, 5.41) is 0. The van der Waals surface area contributed by atoms with E-state index in [0.29, 0.717) is 0 Å². The molecule has 0 aliphatic carbocycles. The number of likely N-dealkylation sites (tertiary alicyclic amines) is 1. The Morgan fingerprint density at radius 1 is 1.14 bits per heavy atom. The van der Waals surface area contributed by atoms with E-state index < -0.39 is 23.9 Å². The molecule has 3 rings (SSSR count). The number of esters is 1. The Labute approximate surface area is 165 Å².